The van der Waals surface area contributed by atoms with Gasteiger partial charge in [-0.3, -0.25) is 4.79 Å². The number of aliphatic hydroxyl groups excluding tert-OH is 1. The summed E-state index contributed by atoms with van der Waals surface area (Å²) in [5.74, 6) is 0.376. The van der Waals surface area contributed by atoms with E-state index >= 15 is 0 Å². The van der Waals surface area contributed by atoms with Crippen molar-refractivity contribution in [3.8, 4) is 11.4 Å². The van der Waals surface area contributed by atoms with Crippen LogP contribution >= 0.6 is 0 Å². The number of ether oxygens (including phenoxy) is 1. The number of methoxy groups -OCH3 is 1. The van der Waals surface area contributed by atoms with E-state index in [0.29, 0.717) is 22.7 Å². The predicted molar refractivity (Wildman–Crippen MR) is 82.5 cm³/mol. The van der Waals surface area contributed by atoms with Crippen molar-refractivity contribution in [1.82, 2.24) is 15.0 Å². The molecule has 1 heterocycles. The summed E-state index contributed by atoms with van der Waals surface area (Å²) < 4.78 is 6.95. The topological polar surface area (TPSA) is 77.2 Å². The van der Waals surface area contributed by atoms with Gasteiger partial charge >= 0.3 is 0 Å². The van der Waals surface area contributed by atoms with Crippen LogP contribution < -0.4 is 4.74 Å². The zero-order valence-electron chi connectivity index (χ0n) is 13.5. The lowest BCUT2D eigenvalue weighted by Crippen LogP contribution is -2.15. The van der Waals surface area contributed by atoms with Crippen LogP contribution in [0.5, 0.6) is 5.75 Å². The van der Waals surface area contributed by atoms with E-state index in [1.807, 2.05) is 12.1 Å². The van der Waals surface area contributed by atoms with Gasteiger partial charge in [0, 0.05) is 0 Å². The molecule has 6 heteroatoms. The van der Waals surface area contributed by atoms with Crippen LogP contribution in [0.1, 0.15) is 49.3 Å². The van der Waals surface area contributed by atoms with Gasteiger partial charge in [-0.25, -0.2) is 4.68 Å². The first-order chi connectivity index (χ1) is 10.3. The summed E-state index contributed by atoms with van der Waals surface area (Å²) in [6.07, 6.45) is 1.62. The van der Waals surface area contributed by atoms with Gasteiger partial charge in [-0.15, -0.1) is 5.10 Å². The number of aliphatic hydroxyl groups is 1. The number of hydrogen-bond acceptors (Lipinski definition) is 5. The molecule has 1 aromatic carbocycles. The van der Waals surface area contributed by atoms with Crippen LogP contribution in [0, 0.1) is 0 Å². The molecule has 0 unspecified atom stereocenters. The number of carbonyl (C=O) groups excluding carboxylic acids is 1. The average molecular weight is 303 g/mol. The molecular formula is C16H21N3O3. The Bertz CT molecular complexity index is 699. The van der Waals surface area contributed by atoms with Gasteiger partial charge in [0.25, 0.3) is 0 Å². The van der Waals surface area contributed by atoms with Gasteiger partial charge in [0.1, 0.15) is 11.4 Å². The molecule has 1 aromatic heterocycles. The van der Waals surface area contributed by atoms with Crippen molar-refractivity contribution < 1.29 is 14.6 Å². The zero-order valence-corrected chi connectivity index (χ0v) is 13.5. The van der Waals surface area contributed by atoms with E-state index in [1.165, 1.54) is 18.7 Å². The number of carbonyl (C=O) groups is 1. The molecule has 0 fully saturated rings. The first-order valence-electron chi connectivity index (χ1n) is 7.04. The standard InChI is InChI=1S/C16H21N3O3/c1-10(21)13-6-11(16(2,3)4)7-14(15(13)22-5)19-8-12(9-20)17-18-19/h6-8,20H,9H2,1-5H3. The molecule has 118 valence electrons. The highest BCUT2D eigenvalue weighted by molar-refractivity contribution is 5.98. The molecule has 2 rings (SSSR count). The van der Waals surface area contributed by atoms with Gasteiger partial charge in [-0.1, -0.05) is 26.0 Å². The Morgan fingerprint density at radius 3 is 2.50 bits per heavy atom. The molecule has 0 aliphatic carbocycles. The van der Waals surface area contributed by atoms with Crippen LogP contribution in [0.3, 0.4) is 0 Å². The molecule has 0 atom stereocenters. The second-order valence-corrected chi connectivity index (χ2v) is 6.19. The quantitative estimate of drug-likeness (QED) is 0.877. The fourth-order valence-electron chi connectivity index (χ4n) is 2.18. The molecule has 0 aliphatic rings. The Morgan fingerprint density at radius 1 is 1.36 bits per heavy atom. The first kappa shape index (κ1) is 16.2. The Morgan fingerprint density at radius 2 is 2.05 bits per heavy atom. The van der Waals surface area contributed by atoms with E-state index in [4.69, 9.17) is 9.84 Å². The number of aromatic nitrogens is 3. The minimum atomic E-state index is -0.194. The lowest BCUT2D eigenvalue weighted by atomic mass is 9.85. The van der Waals surface area contributed by atoms with Gasteiger partial charge in [-0.05, 0) is 30.0 Å². The number of rotatable bonds is 4. The fourth-order valence-corrected chi connectivity index (χ4v) is 2.18. The van der Waals surface area contributed by atoms with Crippen LogP contribution in [0.15, 0.2) is 18.3 Å². The third-order valence-electron chi connectivity index (χ3n) is 3.47. The number of Topliss-reactive ketones (excluding diaryl/α,β-unsaturated/α-hetero) is 1. The largest absolute Gasteiger partial charge is 0.494 e. The molecular weight excluding hydrogens is 282 g/mol. The van der Waals surface area contributed by atoms with Crippen molar-refractivity contribution in [2.24, 2.45) is 0 Å². The van der Waals surface area contributed by atoms with Gasteiger partial charge < -0.3 is 9.84 Å². The van der Waals surface area contributed by atoms with Crippen molar-refractivity contribution in [3.05, 3.63) is 35.2 Å². The highest BCUT2D eigenvalue weighted by Gasteiger charge is 2.22. The monoisotopic (exact) mass is 303 g/mol. The molecule has 0 aliphatic heterocycles. The molecule has 0 saturated carbocycles. The maximum Gasteiger partial charge on any atom is 0.163 e. The van der Waals surface area contributed by atoms with Gasteiger partial charge in [0.2, 0.25) is 0 Å². The third-order valence-corrected chi connectivity index (χ3v) is 3.47. The summed E-state index contributed by atoms with van der Waals surface area (Å²) in [5, 5.41) is 17.0. The Labute approximate surface area is 129 Å². The molecule has 0 saturated heterocycles. The van der Waals surface area contributed by atoms with Crippen LogP contribution in [0.25, 0.3) is 5.69 Å². The van der Waals surface area contributed by atoms with E-state index in [2.05, 4.69) is 31.1 Å². The molecule has 6 nitrogen and oxygen atoms in total. The van der Waals surface area contributed by atoms with Crippen molar-refractivity contribution in [3.63, 3.8) is 0 Å². The molecule has 0 amide bonds. The third kappa shape index (κ3) is 3.01. The molecule has 2 aromatic rings. The number of nitrogens with zero attached hydrogens (tertiary/aromatic N) is 3. The lowest BCUT2D eigenvalue weighted by Gasteiger charge is -2.22. The van der Waals surface area contributed by atoms with Crippen LogP contribution in [-0.4, -0.2) is 33.0 Å². The molecule has 22 heavy (non-hydrogen) atoms. The SMILES string of the molecule is COc1c(C(C)=O)cc(C(C)(C)C)cc1-n1cc(CO)nn1. The summed E-state index contributed by atoms with van der Waals surface area (Å²) in [5.41, 5.74) is 2.45. The lowest BCUT2D eigenvalue weighted by molar-refractivity contribution is 0.101. The minimum Gasteiger partial charge on any atom is -0.494 e. The summed E-state index contributed by atoms with van der Waals surface area (Å²) in [6.45, 7) is 7.53. The highest BCUT2D eigenvalue weighted by Crippen LogP contribution is 2.34. The Hall–Kier alpha value is -2.21. The highest BCUT2D eigenvalue weighted by atomic mass is 16.5. The number of ketones is 1. The van der Waals surface area contributed by atoms with E-state index in [0.717, 1.165) is 5.56 Å². The van der Waals surface area contributed by atoms with E-state index in [-0.39, 0.29) is 17.8 Å². The summed E-state index contributed by atoms with van der Waals surface area (Å²) >= 11 is 0. The maximum absolute atomic E-state index is 12.0. The zero-order chi connectivity index (χ0) is 16.5. The van der Waals surface area contributed by atoms with Crippen LogP contribution in [0.2, 0.25) is 0 Å². The van der Waals surface area contributed by atoms with E-state index in [1.54, 1.807) is 6.20 Å². The smallest absolute Gasteiger partial charge is 0.163 e. The van der Waals surface area contributed by atoms with Gasteiger partial charge in [-0.2, -0.15) is 0 Å². The number of benzene rings is 1. The summed E-state index contributed by atoms with van der Waals surface area (Å²) in [6, 6.07) is 3.79. The van der Waals surface area contributed by atoms with Gasteiger partial charge in [0.15, 0.2) is 11.5 Å². The summed E-state index contributed by atoms with van der Waals surface area (Å²) in [7, 11) is 1.52. The predicted octanol–water partition coefficient (Wildman–Crippen LogP) is 2.27. The molecule has 0 spiro atoms. The average Bonchev–Trinajstić information content (AvgIpc) is 2.93. The normalized spacial score (nSPS) is 11.5. The number of hydrogen-bond donors (Lipinski definition) is 1. The molecule has 1 N–H and O–H groups in total. The maximum atomic E-state index is 12.0. The van der Waals surface area contributed by atoms with Crippen molar-refractivity contribution in [1.29, 1.82) is 0 Å². The van der Waals surface area contributed by atoms with E-state index in [9.17, 15) is 4.79 Å². The Balaban J connectivity index is 2.74. The van der Waals surface area contributed by atoms with E-state index < -0.39 is 0 Å². The second-order valence-electron chi connectivity index (χ2n) is 6.19. The molecule has 0 bridgehead atoms. The van der Waals surface area contributed by atoms with Crippen molar-refractivity contribution in [2.45, 2.75) is 39.7 Å². The fraction of sp³-hybridized carbons (Fsp3) is 0.438. The van der Waals surface area contributed by atoms with Crippen LogP contribution in [0.4, 0.5) is 0 Å². The minimum absolute atomic E-state index is 0.0771. The van der Waals surface area contributed by atoms with Crippen molar-refractivity contribution in [2.75, 3.05) is 7.11 Å². The van der Waals surface area contributed by atoms with Gasteiger partial charge in [0.05, 0.1) is 25.5 Å². The molecule has 0 radical (unpaired) electrons. The second kappa shape index (κ2) is 5.88. The Kier molecular flexibility index (Phi) is 4.32. The van der Waals surface area contributed by atoms with Crippen molar-refractivity contribution >= 4 is 5.78 Å². The summed E-state index contributed by atoms with van der Waals surface area (Å²) in [4.78, 5) is 12.0. The van der Waals surface area contributed by atoms with Crippen LogP contribution in [-0.2, 0) is 12.0 Å². The first-order valence-corrected chi connectivity index (χ1v) is 7.04.